The minimum atomic E-state index is -2.76. The van der Waals surface area contributed by atoms with Gasteiger partial charge >= 0.3 is 0 Å². The normalized spacial score (nSPS) is 28.8. The first-order valence-corrected chi connectivity index (χ1v) is 10.2. The standard InChI is InChI=1S/C15H21NO2S2/c17-20(18)8-6-12(11-20)9-16-15-10-19-7-5-13-3-1-2-4-14(13)15/h1-4,12,15-16H,5-11H2/t12-,15-/m0/s1. The van der Waals surface area contributed by atoms with E-state index in [0.717, 1.165) is 25.1 Å². The lowest BCUT2D eigenvalue weighted by Crippen LogP contribution is -2.29. The molecule has 2 atom stereocenters. The molecule has 5 heteroatoms. The van der Waals surface area contributed by atoms with E-state index in [9.17, 15) is 8.42 Å². The smallest absolute Gasteiger partial charge is 0.150 e. The molecule has 0 aromatic heterocycles. The molecule has 3 rings (SSSR count). The van der Waals surface area contributed by atoms with E-state index in [2.05, 4.69) is 29.6 Å². The lowest BCUT2D eigenvalue weighted by Gasteiger charge is -2.20. The van der Waals surface area contributed by atoms with Gasteiger partial charge in [-0.25, -0.2) is 8.42 Å². The van der Waals surface area contributed by atoms with E-state index in [0.29, 0.717) is 23.5 Å². The molecule has 1 N–H and O–H groups in total. The quantitative estimate of drug-likeness (QED) is 0.928. The number of nitrogens with one attached hydrogen (secondary N) is 1. The van der Waals surface area contributed by atoms with Crippen LogP contribution in [0.15, 0.2) is 24.3 Å². The van der Waals surface area contributed by atoms with E-state index in [1.165, 1.54) is 16.9 Å². The third kappa shape index (κ3) is 3.38. The highest BCUT2D eigenvalue weighted by atomic mass is 32.2. The Bertz CT molecular complexity index is 571. The van der Waals surface area contributed by atoms with E-state index in [1.54, 1.807) is 0 Å². The van der Waals surface area contributed by atoms with Gasteiger partial charge in [0.2, 0.25) is 0 Å². The van der Waals surface area contributed by atoms with Gasteiger partial charge in [-0.15, -0.1) is 0 Å². The molecule has 0 radical (unpaired) electrons. The van der Waals surface area contributed by atoms with Gasteiger partial charge in [0.1, 0.15) is 0 Å². The Morgan fingerprint density at radius 2 is 2.15 bits per heavy atom. The molecule has 2 aliphatic heterocycles. The zero-order chi connectivity index (χ0) is 14.0. The molecule has 2 heterocycles. The Labute approximate surface area is 125 Å². The van der Waals surface area contributed by atoms with Crippen molar-refractivity contribution in [3.05, 3.63) is 35.4 Å². The Kier molecular flexibility index (Phi) is 4.38. The SMILES string of the molecule is O=S1(=O)CC[C@@H](CN[C@H]2CSCCc3ccccc32)C1. The minimum Gasteiger partial charge on any atom is -0.309 e. The molecular formula is C15H21NO2S2. The van der Waals surface area contributed by atoms with Crippen LogP contribution in [0.25, 0.3) is 0 Å². The van der Waals surface area contributed by atoms with Gasteiger partial charge in [-0.2, -0.15) is 11.8 Å². The van der Waals surface area contributed by atoms with Crippen LogP contribution in [0, 0.1) is 5.92 Å². The molecule has 0 unspecified atom stereocenters. The summed E-state index contributed by atoms with van der Waals surface area (Å²) in [6.07, 6.45) is 1.95. The molecule has 0 bridgehead atoms. The fourth-order valence-electron chi connectivity index (χ4n) is 3.09. The van der Waals surface area contributed by atoms with Crippen molar-refractivity contribution in [2.75, 3.05) is 29.6 Å². The summed E-state index contributed by atoms with van der Waals surface area (Å²) in [7, 11) is -2.76. The van der Waals surface area contributed by atoms with Crippen LogP contribution >= 0.6 is 11.8 Å². The maximum atomic E-state index is 11.5. The second-order valence-corrected chi connectivity index (χ2v) is 9.13. The van der Waals surface area contributed by atoms with Gasteiger partial charge in [-0.3, -0.25) is 0 Å². The molecule has 0 spiro atoms. The number of rotatable bonds is 3. The Balaban J connectivity index is 1.66. The lowest BCUT2D eigenvalue weighted by molar-refractivity contribution is 0.479. The van der Waals surface area contributed by atoms with Crippen molar-refractivity contribution in [3.63, 3.8) is 0 Å². The van der Waals surface area contributed by atoms with Crippen LogP contribution in [-0.2, 0) is 16.3 Å². The topological polar surface area (TPSA) is 46.2 Å². The first-order valence-electron chi connectivity index (χ1n) is 7.23. The predicted molar refractivity (Wildman–Crippen MR) is 85.0 cm³/mol. The molecule has 0 amide bonds. The van der Waals surface area contributed by atoms with Gasteiger partial charge in [0.15, 0.2) is 9.84 Å². The van der Waals surface area contributed by atoms with Crippen molar-refractivity contribution in [3.8, 4) is 0 Å². The van der Waals surface area contributed by atoms with Crippen molar-refractivity contribution < 1.29 is 8.42 Å². The summed E-state index contributed by atoms with van der Waals surface area (Å²) in [5, 5.41) is 3.61. The van der Waals surface area contributed by atoms with Crippen molar-refractivity contribution in [2.24, 2.45) is 5.92 Å². The average Bonchev–Trinajstić information content (AvgIpc) is 2.67. The van der Waals surface area contributed by atoms with Gasteiger partial charge in [0.05, 0.1) is 11.5 Å². The molecule has 0 saturated carbocycles. The molecule has 2 aliphatic rings. The zero-order valence-corrected chi connectivity index (χ0v) is 13.2. The molecule has 0 aliphatic carbocycles. The highest BCUT2D eigenvalue weighted by Crippen LogP contribution is 2.28. The summed E-state index contributed by atoms with van der Waals surface area (Å²) in [5.74, 6) is 3.28. The van der Waals surface area contributed by atoms with Gasteiger partial charge in [-0.1, -0.05) is 24.3 Å². The summed E-state index contributed by atoms with van der Waals surface area (Å²) >= 11 is 1.98. The highest BCUT2D eigenvalue weighted by Gasteiger charge is 2.28. The van der Waals surface area contributed by atoms with E-state index in [1.807, 2.05) is 11.8 Å². The second kappa shape index (κ2) is 6.08. The molecule has 1 fully saturated rings. The monoisotopic (exact) mass is 311 g/mol. The van der Waals surface area contributed by atoms with Gasteiger partial charge < -0.3 is 5.32 Å². The summed E-state index contributed by atoms with van der Waals surface area (Å²) < 4.78 is 23.0. The average molecular weight is 311 g/mol. The van der Waals surface area contributed by atoms with E-state index >= 15 is 0 Å². The summed E-state index contributed by atoms with van der Waals surface area (Å²) in [6.45, 7) is 0.818. The van der Waals surface area contributed by atoms with Gasteiger partial charge in [0.25, 0.3) is 0 Å². The second-order valence-electron chi connectivity index (χ2n) is 5.75. The van der Waals surface area contributed by atoms with Crippen molar-refractivity contribution in [1.82, 2.24) is 5.32 Å². The Morgan fingerprint density at radius 3 is 2.95 bits per heavy atom. The largest absolute Gasteiger partial charge is 0.309 e. The number of hydrogen-bond acceptors (Lipinski definition) is 4. The minimum absolute atomic E-state index is 0.292. The van der Waals surface area contributed by atoms with Crippen LogP contribution in [0.1, 0.15) is 23.6 Å². The predicted octanol–water partition coefficient (Wildman–Crippen LogP) is 2.04. The first-order chi connectivity index (χ1) is 9.64. The van der Waals surface area contributed by atoms with E-state index < -0.39 is 9.84 Å². The van der Waals surface area contributed by atoms with Crippen molar-refractivity contribution in [1.29, 1.82) is 0 Å². The van der Waals surface area contributed by atoms with Crippen LogP contribution in [0.4, 0.5) is 0 Å². The summed E-state index contributed by atoms with van der Waals surface area (Å²) in [6, 6.07) is 9.00. The van der Waals surface area contributed by atoms with Crippen molar-refractivity contribution in [2.45, 2.75) is 18.9 Å². The molecule has 20 heavy (non-hydrogen) atoms. The third-order valence-electron chi connectivity index (χ3n) is 4.21. The van der Waals surface area contributed by atoms with Gasteiger partial charge in [0, 0.05) is 11.8 Å². The van der Waals surface area contributed by atoms with Crippen LogP contribution in [0.2, 0.25) is 0 Å². The number of sulfone groups is 1. The first kappa shape index (κ1) is 14.4. The van der Waals surface area contributed by atoms with Gasteiger partial charge in [-0.05, 0) is 42.2 Å². The van der Waals surface area contributed by atoms with Crippen LogP contribution in [-0.4, -0.2) is 38.0 Å². The molecule has 1 aromatic rings. The number of aryl methyl sites for hydroxylation is 1. The Morgan fingerprint density at radius 1 is 1.30 bits per heavy atom. The molecule has 110 valence electrons. The fraction of sp³-hybridized carbons (Fsp3) is 0.600. The zero-order valence-electron chi connectivity index (χ0n) is 11.5. The number of hydrogen-bond donors (Lipinski definition) is 1. The van der Waals surface area contributed by atoms with Crippen LogP contribution < -0.4 is 5.32 Å². The van der Waals surface area contributed by atoms with Crippen LogP contribution in [0.5, 0.6) is 0 Å². The van der Waals surface area contributed by atoms with Crippen LogP contribution in [0.3, 0.4) is 0 Å². The highest BCUT2D eigenvalue weighted by molar-refractivity contribution is 7.99. The third-order valence-corrected chi connectivity index (χ3v) is 7.11. The molecular weight excluding hydrogens is 290 g/mol. The number of benzene rings is 1. The maximum Gasteiger partial charge on any atom is 0.150 e. The summed E-state index contributed by atoms with van der Waals surface area (Å²) in [5.41, 5.74) is 2.84. The molecule has 1 aromatic carbocycles. The number of thioether (sulfide) groups is 1. The Hall–Kier alpha value is -0.520. The lowest BCUT2D eigenvalue weighted by atomic mass is 9.99. The molecule has 1 saturated heterocycles. The molecule has 3 nitrogen and oxygen atoms in total. The maximum absolute atomic E-state index is 11.5. The summed E-state index contributed by atoms with van der Waals surface area (Å²) in [4.78, 5) is 0. The van der Waals surface area contributed by atoms with Crippen molar-refractivity contribution >= 4 is 21.6 Å². The van der Waals surface area contributed by atoms with E-state index in [4.69, 9.17) is 0 Å². The number of fused-ring (bicyclic) bond motifs is 1. The van der Waals surface area contributed by atoms with E-state index in [-0.39, 0.29) is 0 Å². The fourth-order valence-corrected chi connectivity index (χ4v) is 6.01.